The monoisotopic (exact) mass is 359 g/mol. The van der Waals surface area contributed by atoms with Crippen molar-refractivity contribution in [1.82, 2.24) is 5.32 Å². The fraction of sp³-hybridized carbons (Fsp3) is 0.533. The Labute approximate surface area is 133 Å². The van der Waals surface area contributed by atoms with E-state index in [-0.39, 0.29) is 12.5 Å². The third-order valence-corrected chi connectivity index (χ3v) is 4.33. The lowest BCUT2D eigenvalue weighted by Crippen LogP contribution is -2.37. The lowest BCUT2D eigenvalue weighted by molar-refractivity contribution is -0.123. The van der Waals surface area contributed by atoms with Gasteiger partial charge in [0.25, 0.3) is 5.91 Å². The molecule has 0 unspecified atom stereocenters. The van der Waals surface area contributed by atoms with E-state index in [1.54, 1.807) is 18.2 Å². The van der Waals surface area contributed by atoms with Gasteiger partial charge in [-0.3, -0.25) is 4.79 Å². The second-order valence-electron chi connectivity index (χ2n) is 5.12. The Morgan fingerprint density at radius 3 is 2.65 bits per heavy atom. The molecule has 1 fully saturated rings. The molecular weight excluding hydrogens is 342 g/mol. The van der Waals surface area contributed by atoms with E-state index in [0.29, 0.717) is 16.8 Å². The van der Waals surface area contributed by atoms with Gasteiger partial charge in [0.05, 0.1) is 4.47 Å². The van der Waals surface area contributed by atoms with Crippen molar-refractivity contribution < 1.29 is 9.53 Å². The first-order chi connectivity index (χ1) is 9.65. The van der Waals surface area contributed by atoms with Crippen LogP contribution in [-0.4, -0.2) is 18.6 Å². The number of hydrogen-bond donors (Lipinski definition) is 1. The number of rotatable bonds is 4. The summed E-state index contributed by atoms with van der Waals surface area (Å²) in [6.07, 6.45) is 7.12. The van der Waals surface area contributed by atoms with E-state index in [1.807, 2.05) is 0 Å². The highest BCUT2D eigenvalue weighted by Gasteiger charge is 2.15. The minimum Gasteiger partial charge on any atom is -0.483 e. The van der Waals surface area contributed by atoms with Gasteiger partial charge in [0.1, 0.15) is 5.75 Å². The summed E-state index contributed by atoms with van der Waals surface area (Å²) in [5.74, 6) is 0.573. The molecule has 0 atom stereocenters. The number of carbonyl (C=O) groups is 1. The molecule has 1 saturated carbocycles. The van der Waals surface area contributed by atoms with Crippen LogP contribution in [0, 0.1) is 0 Å². The Morgan fingerprint density at radius 2 is 2.00 bits per heavy atom. The van der Waals surface area contributed by atoms with Gasteiger partial charge in [-0.15, -0.1) is 0 Å². The Hall–Kier alpha value is -0.740. The Balaban J connectivity index is 1.79. The molecule has 1 aromatic carbocycles. The number of benzene rings is 1. The Bertz CT molecular complexity index is 459. The quantitative estimate of drug-likeness (QED) is 0.812. The minimum absolute atomic E-state index is 0.0384. The molecule has 1 aromatic rings. The van der Waals surface area contributed by atoms with Gasteiger partial charge in [-0.2, -0.15) is 0 Å². The van der Waals surface area contributed by atoms with E-state index in [4.69, 9.17) is 16.3 Å². The lowest BCUT2D eigenvalue weighted by atomic mass is 10.1. The van der Waals surface area contributed by atoms with Gasteiger partial charge in [0.2, 0.25) is 0 Å². The van der Waals surface area contributed by atoms with Gasteiger partial charge < -0.3 is 10.1 Å². The number of ether oxygens (including phenoxy) is 1. The van der Waals surface area contributed by atoms with Crippen LogP contribution in [0.4, 0.5) is 0 Å². The second-order valence-corrected chi connectivity index (χ2v) is 6.41. The minimum atomic E-state index is -0.0567. The Kier molecular flexibility index (Phi) is 6.17. The van der Waals surface area contributed by atoms with Crippen molar-refractivity contribution in [3.63, 3.8) is 0 Å². The highest BCUT2D eigenvalue weighted by Crippen LogP contribution is 2.27. The summed E-state index contributed by atoms with van der Waals surface area (Å²) in [4.78, 5) is 11.9. The van der Waals surface area contributed by atoms with Crippen LogP contribution < -0.4 is 10.1 Å². The van der Waals surface area contributed by atoms with E-state index in [0.717, 1.165) is 17.3 Å². The molecule has 5 heteroatoms. The van der Waals surface area contributed by atoms with E-state index in [2.05, 4.69) is 21.2 Å². The molecular formula is C15H19BrClNO2. The van der Waals surface area contributed by atoms with Gasteiger partial charge in [-0.1, -0.05) is 37.3 Å². The van der Waals surface area contributed by atoms with Crippen LogP contribution in [0.2, 0.25) is 5.02 Å². The molecule has 1 amide bonds. The first-order valence-electron chi connectivity index (χ1n) is 7.02. The number of carbonyl (C=O) groups excluding carboxylic acids is 1. The maximum atomic E-state index is 11.9. The van der Waals surface area contributed by atoms with Crippen LogP contribution in [0.25, 0.3) is 0 Å². The van der Waals surface area contributed by atoms with Gasteiger partial charge in [0, 0.05) is 11.1 Å². The number of halogens is 2. The number of hydrogen-bond acceptors (Lipinski definition) is 2. The standard InChI is InChI=1S/C15H19BrClNO2/c16-13-9-11(17)7-8-14(13)20-10-15(19)18-12-5-3-1-2-4-6-12/h7-9,12H,1-6,10H2,(H,18,19). The van der Waals surface area contributed by atoms with Crippen molar-refractivity contribution in [2.75, 3.05) is 6.61 Å². The smallest absolute Gasteiger partial charge is 0.258 e. The molecule has 3 nitrogen and oxygen atoms in total. The van der Waals surface area contributed by atoms with Crippen molar-refractivity contribution in [1.29, 1.82) is 0 Å². The predicted octanol–water partition coefficient (Wildman–Crippen LogP) is 4.32. The van der Waals surface area contributed by atoms with Gasteiger partial charge in [-0.25, -0.2) is 0 Å². The third kappa shape index (κ3) is 4.98. The highest BCUT2D eigenvalue weighted by atomic mass is 79.9. The van der Waals surface area contributed by atoms with Crippen LogP contribution in [0.5, 0.6) is 5.75 Å². The van der Waals surface area contributed by atoms with Crippen molar-refractivity contribution in [2.24, 2.45) is 0 Å². The largest absolute Gasteiger partial charge is 0.483 e. The molecule has 1 N–H and O–H groups in total. The van der Waals surface area contributed by atoms with Crippen molar-refractivity contribution >= 4 is 33.4 Å². The van der Waals surface area contributed by atoms with Crippen LogP contribution in [-0.2, 0) is 4.79 Å². The van der Waals surface area contributed by atoms with Crippen LogP contribution in [0.15, 0.2) is 22.7 Å². The summed E-state index contributed by atoms with van der Waals surface area (Å²) >= 11 is 9.22. The van der Waals surface area contributed by atoms with Crippen molar-refractivity contribution in [3.8, 4) is 5.75 Å². The van der Waals surface area contributed by atoms with Crippen LogP contribution in [0.3, 0.4) is 0 Å². The SMILES string of the molecule is O=C(COc1ccc(Cl)cc1Br)NC1CCCCCC1. The summed E-state index contributed by atoms with van der Waals surface area (Å²) in [5.41, 5.74) is 0. The molecule has 0 heterocycles. The molecule has 1 aliphatic carbocycles. The van der Waals surface area contributed by atoms with E-state index in [9.17, 15) is 4.79 Å². The molecule has 110 valence electrons. The molecule has 0 bridgehead atoms. The zero-order chi connectivity index (χ0) is 14.4. The lowest BCUT2D eigenvalue weighted by Gasteiger charge is -2.16. The number of nitrogens with one attached hydrogen (secondary N) is 1. The molecule has 1 aliphatic rings. The average Bonchev–Trinajstić information content (AvgIpc) is 2.66. The maximum absolute atomic E-state index is 11.9. The van der Waals surface area contributed by atoms with E-state index in [1.165, 1.54) is 25.7 Å². The van der Waals surface area contributed by atoms with E-state index < -0.39 is 0 Å². The summed E-state index contributed by atoms with van der Waals surface area (Å²) in [6, 6.07) is 5.55. The zero-order valence-electron chi connectivity index (χ0n) is 11.3. The number of amides is 1. The molecule has 0 aromatic heterocycles. The predicted molar refractivity (Wildman–Crippen MR) is 84.3 cm³/mol. The highest BCUT2D eigenvalue weighted by molar-refractivity contribution is 9.10. The van der Waals surface area contributed by atoms with Crippen LogP contribution >= 0.6 is 27.5 Å². The molecule has 0 spiro atoms. The molecule has 0 saturated heterocycles. The summed E-state index contributed by atoms with van der Waals surface area (Å²) in [5, 5.41) is 3.69. The van der Waals surface area contributed by atoms with Gasteiger partial charge in [-0.05, 0) is 47.0 Å². The topological polar surface area (TPSA) is 38.3 Å². The fourth-order valence-electron chi connectivity index (χ4n) is 2.43. The first-order valence-corrected chi connectivity index (χ1v) is 8.19. The zero-order valence-corrected chi connectivity index (χ0v) is 13.7. The van der Waals surface area contributed by atoms with Gasteiger partial charge in [0.15, 0.2) is 6.61 Å². The summed E-state index contributed by atoms with van der Waals surface area (Å²) in [7, 11) is 0. The average molecular weight is 361 g/mol. The molecule has 20 heavy (non-hydrogen) atoms. The van der Waals surface area contributed by atoms with Crippen LogP contribution in [0.1, 0.15) is 38.5 Å². The Morgan fingerprint density at radius 1 is 1.30 bits per heavy atom. The third-order valence-electron chi connectivity index (χ3n) is 3.47. The fourth-order valence-corrected chi connectivity index (χ4v) is 3.23. The molecule has 0 radical (unpaired) electrons. The normalized spacial score (nSPS) is 16.5. The van der Waals surface area contributed by atoms with Crippen molar-refractivity contribution in [2.45, 2.75) is 44.6 Å². The van der Waals surface area contributed by atoms with Gasteiger partial charge >= 0.3 is 0 Å². The summed E-state index contributed by atoms with van der Waals surface area (Å²) < 4.78 is 6.27. The summed E-state index contributed by atoms with van der Waals surface area (Å²) in [6.45, 7) is 0.0384. The first kappa shape index (κ1) is 15.6. The molecule has 2 rings (SSSR count). The van der Waals surface area contributed by atoms with E-state index >= 15 is 0 Å². The van der Waals surface area contributed by atoms with Crippen molar-refractivity contribution in [3.05, 3.63) is 27.7 Å². The maximum Gasteiger partial charge on any atom is 0.258 e. The second kappa shape index (κ2) is 7.89. The molecule has 0 aliphatic heterocycles.